The molecule has 1 aromatic heterocycles. The fourth-order valence-corrected chi connectivity index (χ4v) is 3.27. The molecule has 0 saturated heterocycles. The first-order valence-corrected chi connectivity index (χ1v) is 9.93. The van der Waals surface area contributed by atoms with E-state index in [9.17, 15) is 9.59 Å². The minimum Gasteiger partial charge on any atom is -0.482 e. The van der Waals surface area contributed by atoms with Gasteiger partial charge < -0.3 is 13.9 Å². The number of carbonyl (C=O) groups excluding carboxylic acids is 2. The summed E-state index contributed by atoms with van der Waals surface area (Å²) in [5.41, 5.74) is 2.85. The summed E-state index contributed by atoms with van der Waals surface area (Å²) in [5.74, 6) is 0.110. The van der Waals surface area contributed by atoms with Gasteiger partial charge >= 0.3 is 5.97 Å². The molecule has 7 nitrogen and oxygen atoms in total. The predicted octanol–water partition coefficient (Wildman–Crippen LogP) is 3.89. The maximum atomic E-state index is 12.8. The third kappa shape index (κ3) is 5.01. The number of hydrogen-bond acceptors (Lipinski definition) is 6. The molecule has 2 aromatic carbocycles. The molecule has 1 aliphatic heterocycles. The van der Waals surface area contributed by atoms with Crippen molar-refractivity contribution in [3.05, 3.63) is 89.9 Å². The van der Waals surface area contributed by atoms with Crippen LogP contribution in [0.4, 0.5) is 0 Å². The fraction of sp³-hybridized carbons (Fsp3) is 0.208. The van der Waals surface area contributed by atoms with Crippen LogP contribution in [0.3, 0.4) is 0 Å². The zero-order valence-corrected chi connectivity index (χ0v) is 17.1. The molecule has 158 valence electrons. The van der Waals surface area contributed by atoms with Crippen LogP contribution in [0.1, 0.15) is 29.3 Å². The Morgan fingerprint density at radius 2 is 1.81 bits per heavy atom. The third-order valence-corrected chi connectivity index (χ3v) is 4.88. The molecule has 1 aliphatic rings. The maximum Gasteiger partial charge on any atom is 0.344 e. The maximum absolute atomic E-state index is 12.8. The fourth-order valence-electron chi connectivity index (χ4n) is 3.27. The van der Waals surface area contributed by atoms with Gasteiger partial charge in [-0.3, -0.25) is 4.79 Å². The Bertz CT molecular complexity index is 1060. The van der Waals surface area contributed by atoms with Gasteiger partial charge in [0.15, 0.2) is 13.2 Å². The Morgan fingerprint density at radius 3 is 2.52 bits per heavy atom. The summed E-state index contributed by atoms with van der Waals surface area (Å²) in [4.78, 5) is 24.8. The van der Waals surface area contributed by atoms with Crippen molar-refractivity contribution in [2.45, 2.75) is 19.4 Å². The quantitative estimate of drug-likeness (QED) is 0.544. The minimum atomic E-state index is -0.631. The van der Waals surface area contributed by atoms with Crippen LogP contribution < -0.4 is 4.74 Å². The number of esters is 1. The first-order valence-electron chi connectivity index (χ1n) is 9.93. The van der Waals surface area contributed by atoms with Crippen molar-refractivity contribution in [1.82, 2.24) is 5.01 Å². The second-order valence-electron chi connectivity index (χ2n) is 7.15. The summed E-state index contributed by atoms with van der Waals surface area (Å²) in [6, 6.07) is 20.0. The Balaban J connectivity index is 1.41. The Morgan fingerprint density at radius 1 is 1.03 bits per heavy atom. The molecule has 0 unspecified atom stereocenters. The Hall–Kier alpha value is -3.87. The summed E-state index contributed by atoms with van der Waals surface area (Å²) in [7, 11) is 0. The third-order valence-electron chi connectivity index (χ3n) is 4.88. The van der Waals surface area contributed by atoms with Crippen LogP contribution in [0.25, 0.3) is 0 Å². The van der Waals surface area contributed by atoms with Crippen molar-refractivity contribution >= 4 is 17.6 Å². The molecule has 0 saturated carbocycles. The lowest BCUT2D eigenvalue weighted by atomic mass is 10.0. The summed E-state index contributed by atoms with van der Waals surface area (Å²) in [5, 5.41) is 5.85. The largest absolute Gasteiger partial charge is 0.482 e. The van der Waals surface area contributed by atoms with Crippen LogP contribution in [-0.2, 0) is 14.3 Å². The van der Waals surface area contributed by atoms with E-state index in [1.165, 1.54) is 5.01 Å². The molecule has 0 bridgehead atoms. The molecule has 0 N–H and O–H groups in total. The van der Waals surface area contributed by atoms with E-state index >= 15 is 0 Å². The molecule has 0 aliphatic carbocycles. The lowest BCUT2D eigenvalue weighted by Gasteiger charge is -2.19. The number of ether oxygens (including phenoxy) is 2. The highest BCUT2D eigenvalue weighted by Gasteiger charge is 2.35. The van der Waals surface area contributed by atoms with Crippen molar-refractivity contribution in [3.63, 3.8) is 0 Å². The summed E-state index contributed by atoms with van der Waals surface area (Å²) in [6.45, 7) is 1.30. The second-order valence-corrected chi connectivity index (χ2v) is 7.15. The van der Waals surface area contributed by atoms with Crippen LogP contribution in [0, 0.1) is 6.92 Å². The van der Waals surface area contributed by atoms with E-state index in [1.54, 1.807) is 42.7 Å². The van der Waals surface area contributed by atoms with Gasteiger partial charge in [-0.25, -0.2) is 9.80 Å². The van der Waals surface area contributed by atoms with Crippen molar-refractivity contribution < 1.29 is 23.5 Å². The average molecular weight is 418 g/mol. The molecule has 1 atom stereocenters. The first-order chi connectivity index (χ1) is 15.1. The normalized spacial score (nSPS) is 15.5. The molecule has 2 heterocycles. The number of para-hydroxylation sites is 1. The number of furan rings is 1. The first kappa shape index (κ1) is 20.4. The molecule has 0 radical (unpaired) electrons. The predicted molar refractivity (Wildman–Crippen MR) is 114 cm³/mol. The van der Waals surface area contributed by atoms with E-state index in [1.807, 2.05) is 37.3 Å². The number of nitrogens with zero attached hydrogens (tertiary/aromatic N) is 2. The Labute approximate surface area is 179 Å². The molecular formula is C24H22N2O5. The monoisotopic (exact) mass is 418 g/mol. The number of aryl methyl sites for hydroxylation is 1. The zero-order chi connectivity index (χ0) is 21.6. The standard InChI is InChI=1S/C24H22N2O5/c1-17-9-11-18(12-10-17)20-14-21(22-8-5-13-29-22)26(25-20)23(27)15-31-24(28)16-30-19-6-3-2-4-7-19/h2-13,21H,14-16H2,1H3/t21-/m1/s1. The van der Waals surface area contributed by atoms with Crippen molar-refractivity contribution in [2.24, 2.45) is 5.10 Å². The van der Waals surface area contributed by atoms with Gasteiger partial charge in [-0.15, -0.1) is 0 Å². The number of rotatable bonds is 7. The van der Waals surface area contributed by atoms with Crippen LogP contribution in [0.5, 0.6) is 5.75 Å². The highest BCUT2D eigenvalue weighted by molar-refractivity contribution is 6.03. The van der Waals surface area contributed by atoms with Crippen molar-refractivity contribution in [1.29, 1.82) is 0 Å². The molecule has 1 amide bonds. The molecule has 4 rings (SSSR count). The molecule has 0 fully saturated rings. The summed E-state index contributed by atoms with van der Waals surface area (Å²) < 4.78 is 16.0. The topological polar surface area (TPSA) is 81.3 Å². The van der Waals surface area contributed by atoms with Crippen LogP contribution in [0.2, 0.25) is 0 Å². The molecule has 3 aromatic rings. The van der Waals surface area contributed by atoms with E-state index < -0.39 is 24.5 Å². The van der Waals surface area contributed by atoms with Gasteiger partial charge in [0.05, 0.1) is 12.0 Å². The number of carbonyl (C=O) groups is 2. The van der Waals surface area contributed by atoms with Crippen molar-refractivity contribution in [3.8, 4) is 5.75 Å². The SMILES string of the molecule is Cc1ccc(C2=NN(C(=O)COC(=O)COc3ccccc3)[C@@H](c3ccco3)C2)cc1. The van der Waals surface area contributed by atoms with E-state index in [4.69, 9.17) is 13.9 Å². The van der Waals surface area contributed by atoms with Gasteiger partial charge in [-0.2, -0.15) is 5.10 Å². The molecule has 0 spiro atoms. The Kier molecular flexibility index (Phi) is 6.12. The van der Waals surface area contributed by atoms with Gasteiger partial charge in [0.2, 0.25) is 0 Å². The minimum absolute atomic E-state index is 0.281. The molecule has 31 heavy (non-hydrogen) atoms. The van der Waals surface area contributed by atoms with E-state index in [2.05, 4.69) is 5.10 Å². The smallest absolute Gasteiger partial charge is 0.344 e. The highest BCUT2D eigenvalue weighted by atomic mass is 16.6. The number of amides is 1. The number of hydrogen-bond donors (Lipinski definition) is 0. The zero-order valence-electron chi connectivity index (χ0n) is 17.1. The second kappa shape index (κ2) is 9.30. The van der Waals surface area contributed by atoms with Crippen LogP contribution in [0.15, 0.2) is 82.5 Å². The molecular weight excluding hydrogens is 396 g/mol. The van der Waals surface area contributed by atoms with Gasteiger partial charge in [0, 0.05) is 6.42 Å². The van der Waals surface area contributed by atoms with Gasteiger partial charge in [-0.05, 0) is 36.8 Å². The van der Waals surface area contributed by atoms with E-state index in [-0.39, 0.29) is 6.61 Å². The molecule has 7 heteroatoms. The number of benzene rings is 2. The average Bonchev–Trinajstić information content (AvgIpc) is 3.47. The van der Waals surface area contributed by atoms with Gasteiger partial charge in [0.25, 0.3) is 5.91 Å². The van der Waals surface area contributed by atoms with E-state index in [0.29, 0.717) is 17.9 Å². The van der Waals surface area contributed by atoms with Crippen LogP contribution >= 0.6 is 0 Å². The van der Waals surface area contributed by atoms with E-state index in [0.717, 1.165) is 16.8 Å². The summed E-state index contributed by atoms with van der Waals surface area (Å²) in [6.07, 6.45) is 2.07. The van der Waals surface area contributed by atoms with Gasteiger partial charge in [-0.1, -0.05) is 48.0 Å². The number of hydrazone groups is 1. The van der Waals surface area contributed by atoms with Gasteiger partial charge in [0.1, 0.15) is 17.6 Å². The lowest BCUT2D eigenvalue weighted by Crippen LogP contribution is -2.32. The van der Waals surface area contributed by atoms with Crippen LogP contribution in [-0.4, -0.2) is 35.8 Å². The van der Waals surface area contributed by atoms with Crippen molar-refractivity contribution in [2.75, 3.05) is 13.2 Å². The highest BCUT2D eigenvalue weighted by Crippen LogP contribution is 2.33. The summed E-state index contributed by atoms with van der Waals surface area (Å²) >= 11 is 0. The lowest BCUT2D eigenvalue weighted by molar-refractivity contribution is -0.154.